The van der Waals surface area contributed by atoms with E-state index in [0.29, 0.717) is 5.92 Å². The maximum absolute atomic E-state index is 5.74. The van der Waals surface area contributed by atoms with Gasteiger partial charge in [0.1, 0.15) is 5.75 Å². The molecular weight excluding hydrogens is 212 g/mol. The summed E-state index contributed by atoms with van der Waals surface area (Å²) in [7, 11) is 1.72. The van der Waals surface area contributed by atoms with Crippen LogP contribution in [0, 0.1) is 12.8 Å². The van der Waals surface area contributed by atoms with Crippen LogP contribution in [0.15, 0.2) is 18.2 Å². The molecule has 94 valence electrons. The Morgan fingerprint density at radius 3 is 2.65 bits per heavy atom. The minimum absolute atomic E-state index is 0.216. The van der Waals surface area contributed by atoms with Crippen LogP contribution in [0.5, 0.6) is 5.75 Å². The van der Waals surface area contributed by atoms with E-state index >= 15 is 0 Å². The average Bonchev–Trinajstić information content (AvgIpc) is 2.85. The first-order valence-corrected chi connectivity index (χ1v) is 6.37. The molecule has 0 heterocycles. The van der Waals surface area contributed by atoms with Gasteiger partial charge in [0.25, 0.3) is 0 Å². The highest BCUT2D eigenvalue weighted by molar-refractivity contribution is 5.39. The summed E-state index contributed by atoms with van der Waals surface area (Å²) in [5.41, 5.74) is 5.38. The number of methoxy groups -OCH3 is 1. The molecule has 2 rings (SSSR count). The molecule has 1 aliphatic carbocycles. The second kappa shape index (κ2) is 5.52. The quantitative estimate of drug-likeness (QED) is 0.622. The molecule has 0 bridgehead atoms. The van der Waals surface area contributed by atoms with E-state index in [4.69, 9.17) is 10.6 Å². The fraction of sp³-hybridized carbons (Fsp3) is 0.571. The lowest BCUT2D eigenvalue weighted by molar-refractivity contribution is 0.348. The molecule has 0 amide bonds. The number of aryl methyl sites for hydroxylation is 1. The highest BCUT2D eigenvalue weighted by Gasteiger charge is 2.27. The Morgan fingerprint density at radius 2 is 2.06 bits per heavy atom. The van der Waals surface area contributed by atoms with E-state index in [2.05, 4.69) is 30.5 Å². The Kier molecular flexibility index (Phi) is 4.02. The minimum Gasteiger partial charge on any atom is -0.496 e. The van der Waals surface area contributed by atoms with Crippen molar-refractivity contribution in [3.05, 3.63) is 29.3 Å². The normalized spacial score (nSPS) is 18.3. The Labute approximate surface area is 103 Å². The van der Waals surface area contributed by atoms with Crippen LogP contribution in [-0.4, -0.2) is 7.11 Å². The topological polar surface area (TPSA) is 47.3 Å². The summed E-state index contributed by atoms with van der Waals surface area (Å²) in [6.45, 7) is 2.08. The lowest BCUT2D eigenvalue weighted by Gasteiger charge is -2.25. The summed E-state index contributed by atoms with van der Waals surface area (Å²) in [6.07, 6.45) is 5.14. The van der Waals surface area contributed by atoms with Crippen LogP contribution < -0.4 is 16.0 Å². The number of hydrogen-bond acceptors (Lipinski definition) is 3. The van der Waals surface area contributed by atoms with E-state index in [-0.39, 0.29) is 6.04 Å². The van der Waals surface area contributed by atoms with Gasteiger partial charge in [0.2, 0.25) is 0 Å². The number of nitrogens with one attached hydrogen (secondary N) is 1. The Hall–Kier alpha value is -1.06. The molecule has 3 N–H and O–H groups in total. The van der Waals surface area contributed by atoms with E-state index in [9.17, 15) is 0 Å². The third-order valence-corrected chi connectivity index (χ3v) is 3.77. The zero-order chi connectivity index (χ0) is 12.3. The largest absolute Gasteiger partial charge is 0.496 e. The fourth-order valence-corrected chi connectivity index (χ4v) is 2.85. The minimum atomic E-state index is 0.216. The van der Waals surface area contributed by atoms with E-state index in [1.165, 1.54) is 36.8 Å². The summed E-state index contributed by atoms with van der Waals surface area (Å²) in [4.78, 5) is 0. The number of benzene rings is 1. The van der Waals surface area contributed by atoms with Gasteiger partial charge in [-0.3, -0.25) is 11.3 Å². The first-order chi connectivity index (χ1) is 8.26. The smallest absolute Gasteiger partial charge is 0.123 e. The van der Waals surface area contributed by atoms with Gasteiger partial charge in [-0.15, -0.1) is 0 Å². The molecule has 3 nitrogen and oxygen atoms in total. The van der Waals surface area contributed by atoms with E-state index < -0.39 is 0 Å². The second-order valence-corrected chi connectivity index (χ2v) is 4.93. The average molecular weight is 234 g/mol. The third kappa shape index (κ3) is 2.61. The fourth-order valence-electron chi connectivity index (χ4n) is 2.85. The van der Waals surface area contributed by atoms with Crippen LogP contribution in [-0.2, 0) is 0 Å². The van der Waals surface area contributed by atoms with Crippen LogP contribution in [0.4, 0.5) is 0 Å². The van der Waals surface area contributed by atoms with Crippen molar-refractivity contribution >= 4 is 0 Å². The molecule has 0 spiro atoms. The van der Waals surface area contributed by atoms with Gasteiger partial charge in [-0.05, 0) is 37.3 Å². The summed E-state index contributed by atoms with van der Waals surface area (Å²) in [6, 6.07) is 6.55. The molecule has 3 heteroatoms. The molecule has 17 heavy (non-hydrogen) atoms. The van der Waals surface area contributed by atoms with Gasteiger partial charge < -0.3 is 4.74 Å². The number of hydrazine groups is 1. The molecule has 1 atom stereocenters. The van der Waals surface area contributed by atoms with Crippen molar-refractivity contribution in [2.45, 2.75) is 38.6 Å². The number of ether oxygens (including phenoxy) is 1. The summed E-state index contributed by atoms with van der Waals surface area (Å²) in [5, 5.41) is 0. The van der Waals surface area contributed by atoms with Gasteiger partial charge in [-0.25, -0.2) is 0 Å². The molecule has 1 aromatic carbocycles. The molecule has 1 aliphatic rings. The van der Waals surface area contributed by atoms with E-state index in [1.54, 1.807) is 7.11 Å². The van der Waals surface area contributed by atoms with Gasteiger partial charge >= 0.3 is 0 Å². The van der Waals surface area contributed by atoms with Crippen molar-refractivity contribution in [1.29, 1.82) is 0 Å². The molecule has 0 radical (unpaired) electrons. The van der Waals surface area contributed by atoms with Crippen LogP contribution in [0.2, 0.25) is 0 Å². The van der Waals surface area contributed by atoms with E-state index in [0.717, 1.165) is 5.75 Å². The Bertz CT molecular complexity index is 372. The number of nitrogens with two attached hydrogens (primary N) is 1. The van der Waals surface area contributed by atoms with Crippen molar-refractivity contribution in [3.63, 3.8) is 0 Å². The van der Waals surface area contributed by atoms with Crippen molar-refractivity contribution < 1.29 is 4.74 Å². The molecular formula is C14H22N2O. The predicted octanol–water partition coefficient (Wildman–Crippen LogP) is 2.70. The molecule has 0 aromatic heterocycles. The molecule has 1 saturated carbocycles. The zero-order valence-corrected chi connectivity index (χ0v) is 10.7. The number of rotatable bonds is 4. The van der Waals surface area contributed by atoms with Crippen LogP contribution in [0.1, 0.15) is 42.9 Å². The van der Waals surface area contributed by atoms with Crippen LogP contribution in [0.25, 0.3) is 0 Å². The highest BCUT2D eigenvalue weighted by atomic mass is 16.5. The second-order valence-electron chi connectivity index (χ2n) is 4.93. The zero-order valence-electron chi connectivity index (χ0n) is 10.7. The molecule has 0 saturated heterocycles. The van der Waals surface area contributed by atoms with Crippen molar-refractivity contribution in [2.24, 2.45) is 11.8 Å². The molecule has 1 aromatic rings. The van der Waals surface area contributed by atoms with Gasteiger partial charge in [0.15, 0.2) is 0 Å². The molecule has 1 fully saturated rings. The van der Waals surface area contributed by atoms with Crippen LogP contribution >= 0.6 is 0 Å². The lowest BCUT2D eigenvalue weighted by atomic mass is 9.91. The molecule has 0 aliphatic heterocycles. The maximum atomic E-state index is 5.74. The van der Waals surface area contributed by atoms with Gasteiger partial charge in [-0.2, -0.15) is 0 Å². The van der Waals surface area contributed by atoms with Crippen LogP contribution in [0.3, 0.4) is 0 Å². The SMILES string of the molecule is COc1cc(C)ccc1C(NN)C1CCCC1. The maximum Gasteiger partial charge on any atom is 0.123 e. The van der Waals surface area contributed by atoms with E-state index in [1.807, 2.05) is 0 Å². The Morgan fingerprint density at radius 1 is 1.35 bits per heavy atom. The highest BCUT2D eigenvalue weighted by Crippen LogP contribution is 2.38. The van der Waals surface area contributed by atoms with Crippen molar-refractivity contribution in [3.8, 4) is 5.75 Å². The van der Waals surface area contributed by atoms with Gasteiger partial charge in [0, 0.05) is 5.56 Å². The third-order valence-electron chi connectivity index (χ3n) is 3.77. The van der Waals surface area contributed by atoms with Crippen molar-refractivity contribution in [1.82, 2.24) is 5.43 Å². The van der Waals surface area contributed by atoms with Gasteiger partial charge in [0.05, 0.1) is 13.2 Å². The standard InChI is InChI=1S/C14H22N2O/c1-10-7-8-12(13(9-10)17-2)14(16-15)11-5-3-4-6-11/h7-9,11,14,16H,3-6,15H2,1-2H3. The lowest BCUT2D eigenvalue weighted by Crippen LogP contribution is -2.33. The summed E-state index contributed by atoms with van der Waals surface area (Å²) < 4.78 is 5.47. The number of hydrogen-bond donors (Lipinski definition) is 2. The van der Waals surface area contributed by atoms with Crippen molar-refractivity contribution in [2.75, 3.05) is 7.11 Å². The summed E-state index contributed by atoms with van der Waals surface area (Å²) in [5.74, 6) is 7.32. The van der Waals surface area contributed by atoms with Gasteiger partial charge in [-0.1, -0.05) is 25.0 Å². The first-order valence-electron chi connectivity index (χ1n) is 6.37. The monoisotopic (exact) mass is 234 g/mol. The summed E-state index contributed by atoms with van der Waals surface area (Å²) >= 11 is 0. The Balaban J connectivity index is 2.29. The molecule has 1 unspecified atom stereocenters. The predicted molar refractivity (Wildman–Crippen MR) is 69.8 cm³/mol. The first kappa shape index (κ1) is 12.4.